The minimum absolute atomic E-state index is 0.273. The third kappa shape index (κ3) is 7.98. The lowest BCUT2D eigenvalue weighted by atomic mass is 10.2. The fourth-order valence-corrected chi connectivity index (χ4v) is 2.42. The van der Waals surface area contributed by atoms with Gasteiger partial charge in [0.15, 0.2) is 6.61 Å². The van der Waals surface area contributed by atoms with Gasteiger partial charge in [0.25, 0.3) is 11.8 Å². The fourth-order valence-electron chi connectivity index (χ4n) is 2.42. The van der Waals surface area contributed by atoms with E-state index in [4.69, 9.17) is 18.9 Å². The summed E-state index contributed by atoms with van der Waals surface area (Å²) in [6, 6.07) is 12.8. The molecule has 0 heterocycles. The third-order valence-corrected chi connectivity index (χ3v) is 3.87. The van der Waals surface area contributed by atoms with Gasteiger partial charge in [-0.05, 0) is 50.2 Å². The average Bonchev–Trinajstić information content (AvgIpc) is 2.79. The van der Waals surface area contributed by atoms with E-state index in [1.165, 1.54) is 12.1 Å². The minimum atomic E-state index is -0.558. The highest BCUT2D eigenvalue weighted by Crippen LogP contribution is 2.17. The zero-order valence-electron chi connectivity index (χ0n) is 17.5. The number of hydrogen-bond acceptors (Lipinski definition) is 7. The molecule has 0 aliphatic carbocycles. The molecule has 9 heteroatoms. The number of hydrazine groups is 1. The molecular weight excluding hydrogens is 404 g/mol. The Labute approximate surface area is 180 Å². The van der Waals surface area contributed by atoms with E-state index in [9.17, 15) is 14.4 Å². The van der Waals surface area contributed by atoms with Crippen molar-refractivity contribution in [1.82, 2.24) is 10.9 Å². The van der Waals surface area contributed by atoms with E-state index in [2.05, 4.69) is 10.9 Å². The van der Waals surface area contributed by atoms with Gasteiger partial charge in [0.1, 0.15) is 18.1 Å². The lowest BCUT2D eigenvalue weighted by Gasteiger charge is -2.12. The van der Waals surface area contributed by atoms with Crippen molar-refractivity contribution in [3.05, 3.63) is 59.7 Å². The second-order valence-electron chi connectivity index (χ2n) is 6.08. The number of nitrogens with one attached hydrogen (secondary N) is 2. The molecule has 0 spiro atoms. The van der Waals surface area contributed by atoms with Crippen LogP contribution in [0.25, 0.3) is 0 Å². The van der Waals surface area contributed by atoms with Gasteiger partial charge >= 0.3 is 5.97 Å². The summed E-state index contributed by atoms with van der Waals surface area (Å²) in [6.07, 6.45) is 0. The van der Waals surface area contributed by atoms with Gasteiger partial charge < -0.3 is 18.9 Å². The molecule has 0 saturated carbocycles. The monoisotopic (exact) mass is 430 g/mol. The largest absolute Gasteiger partial charge is 0.490 e. The molecule has 2 aromatic carbocycles. The number of rotatable bonds is 11. The van der Waals surface area contributed by atoms with Gasteiger partial charge in [-0.1, -0.05) is 12.1 Å². The highest BCUT2D eigenvalue weighted by atomic mass is 16.5. The van der Waals surface area contributed by atoms with Gasteiger partial charge in [-0.15, -0.1) is 0 Å². The summed E-state index contributed by atoms with van der Waals surface area (Å²) < 4.78 is 21.0. The Morgan fingerprint density at radius 2 is 1.58 bits per heavy atom. The van der Waals surface area contributed by atoms with Crippen LogP contribution >= 0.6 is 0 Å². The second kappa shape index (κ2) is 12.9. The van der Waals surface area contributed by atoms with Crippen molar-refractivity contribution < 1.29 is 33.3 Å². The van der Waals surface area contributed by atoms with Crippen molar-refractivity contribution in [3.63, 3.8) is 0 Å². The molecule has 31 heavy (non-hydrogen) atoms. The van der Waals surface area contributed by atoms with Crippen molar-refractivity contribution >= 4 is 17.8 Å². The summed E-state index contributed by atoms with van der Waals surface area (Å²) in [4.78, 5) is 36.0. The normalized spacial score (nSPS) is 10.1. The number of ether oxygens (including phenoxy) is 4. The van der Waals surface area contributed by atoms with Crippen LogP contribution in [-0.4, -0.2) is 50.8 Å². The molecule has 9 nitrogen and oxygen atoms in total. The molecule has 2 rings (SSSR count). The van der Waals surface area contributed by atoms with Crippen LogP contribution in [0.3, 0.4) is 0 Å². The Morgan fingerprint density at radius 3 is 2.29 bits per heavy atom. The van der Waals surface area contributed by atoms with Gasteiger partial charge in [-0.3, -0.25) is 20.4 Å². The van der Waals surface area contributed by atoms with Crippen molar-refractivity contribution in [1.29, 1.82) is 0 Å². The average molecular weight is 430 g/mol. The molecule has 2 aromatic rings. The lowest BCUT2D eigenvalue weighted by Crippen LogP contribution is -2.43. The lowest BCUT2D eigenvalue weighted by molar-refractivity contribution is -0.123. The maximum atomic E-state index is 12.4. The zero-order valence-corrected chi connectivity index (χ0v) is 17.5. The first-order valence-electron chi connectivity index (χ1n) is 9.83. The molecule has 0 fully saturated rings. The Balaban J connectivity index is 1.79. The molecule has 0 aliphatic heterocycles. The van der Waals surface area contributed by atoms with Crippen molar-refractivity contribution in [2.24, 2.45) is 0 Å². The second-order valence-corrected chi connectivity index (χ2v) is 6.08. The summed E-state index contributed by atoms with van der Waals surface area (Å²) in [7, 11) is 0. The molecular formula is C22H26N2O7. The van der Waals surface area contributed by atoms with Gasteiger partial charge in [-0.2, -0.15) is 0 Å². The van der Waals surface area contributed by atoms with Crippen LogP contribution in [0.2, 0.25) is 0 Å². The van der Waals surface area contributed by atoms with Gasteiger partial charge in [0.2, 0.25) is 0 Å². The van der Waals surface area contributed by atoms with E-state index in [1.54, 1.807) is 43.3 Å². The summed E-state index contributed by atoms with van der Waals surface area (Å²) >= 11 is 0. The number of para-hydroxylation sites is 1. The summed E-state index contributed by atoms with van der Waals surface area (Å²) in [5, 5.41) is 0. The van der Waals surface area contributed by atoms with Gasteiger partial charge in [-0.25, -0.2) is 4.79 Å². The first-order valence-corrected chi connectivity index (χ1v) is 9.83. The SMILES string of the molecule is CCOCCOc1ccccc1C(=O)NNC(=O)COc1ccc(C(=O)OCC)cc1. The first-order chi connectivity index (χ1) is 15.0. The quantitative estimate of drug-likeness (QED) is 0.319. The molecule has 0 saturated heterocycles. The van der Waals surface area contributed by atoms with Crippen LogP contribution in [-0.2, 0) is 14.3 Å². The number of carbonyl (C=O) groups excluding carboxylic acids is 3. The highest BCUT2D eigenvalue weighted by molar-refractivity contribution is 5.97. The molecule has 0 aliphatic rings. The number of amides is 2. The van der Waals surface area contributed by atoms with E-state index in [0.29, 0.717) is 36.9 Å². The first kappa shape index (κ1) is 23.7. The Kier molecular flexibility index (Phi) is 9.83. The molecule has 2 amide bonds. The summed E-state index contributed by atoms with van der Waals surface area (Å²) in [5.41, 5.74) is 5.26. The summed E-state index contributed by atoms with van der Waals surface area (Å²) in [5.74, 6) is -0.747. The maximum Gasteiger partial charge on any atom is 0.338 e. The zero-order chi connectivity index (χ0) is 22.5. The molecule has 0 radical (unpaired) electrons. The van der Waals surface area contributed by atoms with Crippen LogP contribution in [0.4, 0.5) is 0 Å². The molecule has 0 unspecified atom stereocenters. The van der Waals surface area contributed by atoms with Crippen LogP contribution in [0.5, 0.6) is 11.5 Å². The van der Waals surface area contributed by atoms with Crippen LogP contribution < -0.4 is 20.3 Å². The molecule has 2 N–H and O–H groups in total. The molecule has 0 atom stereocenters. The van der Waals surface area contributed by atoms with E-state index in [-0.39, 0.29) is 18.8 Å². The van der Waals surface area contributed by atoms with E-state index >= 15 is 0 Å². The number of hydrogen-bond donors (Lipinski definition) is 2. The fraction of sp³-hybridized carbons (Fsp3) is 0.318. The number of carbonyl (C=O) groups is 3. The molecule has 0 bridgehead atoms. The van der Waals surface area contributed by atoms with Crippen molar-refractivity contribution in [2.75, 3.05) is 33.0 Å². The van der Waals surface area contributed by atoms with Crippen molar-refractivity contribution in [3.8, 4) is 11.5 Å². The third-order valence-electron chi connectivity index (χ3n) is 3.87. The molecule has 166 valence electrons. The standard InChI is InChI=1S/C22H26N2O7/c1-3-28-13-14-30-19-8-6-5-7-18(19)21(26)24-23-20(25)15-31-17-11-9-16(10-12-17)22(27)29-4-2/h5-12H,3-4,13-15H2,1-2H3,(H,23,25)(H,24,26). The summed E-state index contributed by atoms with van der Waals surface area (Å²) in [6.45, 7) is 4.84. The highest BCUT2D eigenvalue weighted by Gasteiger charge is 2.13. The predicted molar refractivity (Wildman–Crippen MR) is 112 cm³/mol. The smallest absolute Gasteiger partial charge is 0.338 e. The van der Waals surface area contributed by atoms with Crippen LogP contribution in [0.15, 0.2) is 48.5 Å². The van der Waals surface area contributed by atoms with Crippen LogP contribution in [0, 0.1) is 0 Å². The Hall–Kier alpha value is -3.59. The van der Waals surface area contributed by atoms with E-state index in [1.807, 2.05) is 6.92 Å². The topological polar surface area (TPSA) is 112 Å². The minimum Gasteiger partial charge on any atom is -0.490 e. The maximum absolute atomic E-state index is 12.4. The predicted octanol–water partition coefficient (Wildman–Crippen LogP) is 2.12. The van der Waals surface area contributed by atoms with Gasteiger partial charge in [0, 0.05) is 6.61 Å². The van der Waals surface area contributed by atoms with Crippen LogP contribution in [0.1, 0.15) is 34.6 Å². The molecule has 0 aromatic heterocycles. The number of benzene rings is 2. The van der Waals surface area contributed by atoms with E-state index < -0.39 is 17.8 Å². The van der Waals surface area contributed by atoms with Crippen molar-refractivity contribution in [2.45, 2.75) is 13.8 Å². The Morgan fingerprint density at radius 1 is 0.839 bits per heavy atom. The van der Waals surface area contributed by atoms with Gasteiger partial charge in [0.05, 0.1) is 24.3 Å². The Bertz CT molecular complexity index is 868. The number of esters is 1. The van der Waals surface area contributed by atoms with E-state index in [0.717, 1.165) is 0 Å².